The summed E-state index contributed by atoms with van der Waals surface area (Å²) in [5, 5.41) is 14.0. The number of hydrogen-bond acceptors (Lipinski definition) is 7. The first-order valence-electron chi connectivity index (χ1n) is 12.0. The van der Waals surface area contributed by atoms with Crippen LogP contribution in [0.1, 0.15) is 29.8 Å². The van der Waals surface area contributed by atoms with E-state index in [1.165, 1.54) is 18.2 Å². The standard InChI is InChI=1S/C28H28N2O7S/c1-3-36-27(32)26(31)25(29-28(33)37-18-20-9-5-4-6-10-20)24-17-21-11-7-8-12-23(21)30(24)38(34,35)22-15-13-19(2)14-16-22/h4-17,25-26,31H,3,18H2,1-2H3,(H,29,33)/t25-,26+/m0/s1. The van der Waals surface area contributed by atoms with E-state index in [9.17, 15) is 23.1 Å². The Labute approximate surface area is 220 Å². The Hall–Kier alpha value is -4.15. The maximum Gasteiger partial charge on any atom is 0.408 e. The molecular formula is C28H28N2O7S. The largest absolute Gasteiger partial charge is 0.464 e. The lowest BCUT2D eigenvalue weighted by Crippen LogP contribution is -2.42. The highest BCUT2D eigenvalue weighted by molar-refractivity contribution is 7.90. The fourth-order valence-electron chi connectivity index (χ4n) is 4.02. The molecular weight excluding hydrogens is 508 g/mol. The third-order valence-corrected chi connectivity index (χ3v) is 7.66. The van der Waals surface area contributed by atoms with Crippen molar-refractivity contribution in [3.63, 3.8) is 0 Å². The fourth-order valence-corrected chi connectivity index (χ4v) is 5.58. The van der Waals surface area contributed by atoms with Crippen molar-refractivity contribution in [3.8, 4) is 0 Å². The second kappa shape index (κ2) is 11.5. The van der Waals surface area contributed by atoms with Crippen LogP contribution in [0.15, 0.2) is 89.8 Å². The van der Waals surface area contributed by atoms with E-state index < -0.39 is 34.2 Å². The van der Waals surface area contributed by atoms with Crippen molar-refractivity contribution >= 4 is 33.0 Å². The van der Waals surface area contributed by atoms with Crippen LogP contribution >= 0.6 is 0 Å². The van der Waals surface area contributed by atoms with Gasteiger partial charge in [0.05, 0.1) is 22.7 Å². The van der Waals surface area contributed by atoms with Crippen LogP contribution in [0.4, 0.5) is 4.79 Å². The molecule has 0 fully saturated rings. The summed E-state index contributed by atoms with van der Waals surface area (Å²) in [5.74, 6) is -1.02. The quantitative estimate of drug-likeness (QED) is 0.309. The minimum atomic E-state index is -4.22. The number of nitrogens with zero attached hydrogens (tertiary/aromatic N) is 1. The Morgan fingerprint density at radius 2 is 1.61 bits per heavy atom. The number of alkyl carbamates (subject to hydrolysis) is 1. The third-order valence-electron chi connectivity index (χ3n) is 5.90. The van der Waals surface area contributed by atoms with Crippen molar-refractivity contribution in [1.29, 1.82) is 0 Å². The van der Waals surface area contributed by atoms with Gasteiger partial charge in [0.1, 0.15) is 12.6 Å². The van der Waals surface area contributed by atoms with Crippen LogP contribution in [0.5, 0.6) is 0 Å². The molecule has 38 heavy (non-hydrogen) atoms. The average Bonchev–Trinajstić information content (AvgIpc) is 3.31. The van der Waals surface area contributed by atoms with E-state index in [1.54, 1.807) is 67.6 Å². The van der Waals surface area contributed by atoms with Gasteiger partial charge in [0.2, 0.25) is 0 Å². The minimum Gasteiger partial charge on any atom is -0.464 e. The predicted molar refractivity (Wildman–Crippen MR) is 141 cm³/mol. The summed E-state index contributed by atoms with van der Waals surface area (Å²) >= 11 is 0. The molecule has 0 saturated carbocycles. The number of esters is 1. The Morgan fingerprint density at radius 3 is 2.29 bits per heavy atom. The van der Waals surface area contributed by atoms with Crippen molar-refractivity contribution in [1.82, 2.24) is 9.29 Å². The van der Waals surface area contributed by atoms with Crippen LogP contribution in [-0.4, -0.2) is 42.3 Å². The van der Waals surface area contributed by atoms with Crippen molar-refractivity contribution in [2.24, 2.45) is 0 Å². The number of carbonyl (C=O) groups excluding carboxylic acids is 2. The van der Waals surface area contributed by atoms with Crippen molar-refractivity contribution in [3.05, 3.63) is 102 Å². The molecule has 4 aromatic rings. The second-order valence-electron chi connectivity index (χ2n) is 8.59. The SMILES string of the molecule is CCOC(=O)[C@H](O)[C@@H](NC(=O)OCc1ccccc1)c1cc2ccccc2n1S(=O)(=O)c1ccc(C)cc1. The first-order valence-corrected chi connectivity index (χ1v) is 13.4. The monoisotopic (exact) mass is 536 g/mol. The van der Waals surface area contributed by atoms with Crippen LogP contribution in [0.3, 0.4) is 0 Å². The second-order valence-corrected chi connectivity index (χ2v) is 10.4. The molecule has 2 N–H and O–H groups in total. The molecule has 0 unspecified atom stereocenters. The van der Waals surface area contributed by atoms with Gasteiger partial charge in [0.15, 0.2) is 6.10 Å². The number of aliphatic hydroxyl groups is 1. The Bertz CT molecular complexity index is 1530. The Morgan fingerprint density at radius 1 is 0.947 bits per heavy atom. The lowest BCUT2D eigenvalue weighted by molar-refractivity contribution is -0.154. The fraction of sp³-hybridized carbons (Fsp3) is 0.214. The molecule has 0 bridgehead atoms. The van der Waals surface area contributed by atoms with Crippen LogP contribution in [0, 0.1) is 6.92 Å². The number of nitrogens with one attached hydrogen (secondary N) is 1. The van der Waals surface area contributed by atoms with Gasteiger partial charge in [0, 0.05) is 5.39 Å². The Kier molecular flexibility index (Phi) is 8.13. The van der Waals surface area contributed by atoms with Gasteiger partial charge < -0.3 is 19.9 Å². The number of fused-ring (bicyclic) bond motifs is 1. The van der Waals surface area contributed by atoms with Crippen LogP contribution in [0.2, 0.25) is 0 Å². The van der Waals surface area contributed by atoms with Crippen LogP contribution in [0.25, 0.3) is 10.9 Å². The van der Waals surface area contributed by atoms with E-state index in [-0.39, 0.29) is 23.8 Å². The number of hydrogen-bond donors (Lipinski definition) is 2. The highest BCUT2D eigenvalue weighted by Gasteiger charge is 2.36. The number of aryl methyl sites for hydroxylation is 1. The molecule has 3 aromatic carbocycles. The van der Waals surface area contributed by atoms with Gasteiger partial charge in [-0.05, 0) is 43.7 Å². The number of rotatable bonds is 9. The van der Waals surface area contributed by atoms with Gasteiger partial charge in [-0.15, -0.1) is 0 Å². The topological polar surface area (TPSA) is 124 Å². The lowest BCUT2D eigenvalue weighted by atomic mass is 10.1. The smallest absolute Gasteiger partial charge is 0.408 e. The summed E-state index contributed by atoms with van der Waals surface area (Å²) in [6.07, 6.45) is -2.87. The number of carbonyl (C=O) groups is 2. The summed E-state index contributed by atoms with van der Waals surface area (Å²) in [5.41, 5.74) is 1.87. The van der Waals surface area contributed by atoms with E-state index >= 15 is 0 Å². The zero-order chi connectivity index (χ0) is 27.3. The molecule has 0 aliphatic carbocycles. The summed E-state index contributed by atoms with van der Waals surface area (Å²) in [6.45, 7) is 3.31. The van der Waals surface area contributed by atoms with E-state index in [0.29, 0.717) is 10.9 Å². The molecule has 10 heteroatoms. The van der Waals surface area contributed by atoms with E-state index in [1.807, 2.05) is 13.0 Å². The minimum absolute atomic E-state index is 0.00160. The van der Waals surface area contributed by atoms with E-state index in [2.05, 4.69) is 5.32 Å². The summed E-state index contributed by atoms with van der Waals surface area (Å²) in [6, 6.07) is 21.9. The summed E-state index contributed by atoms with van der Waals surface area (Å²) < 4.78 is 39.1. The number of amides is 1. The van der Waals surface area contributed by atoms with Crippen molar-refractivity contribution in [2.75, 3.05) is 6.61 Å². The number of benzene rings is 3. The molecule has 1 aromatic heterocycles. The molecule has 9 nitrogen and oxygen atoms in total. The van der Waals surface area contributed by atoms with Gasteiger partial charge in [-0.1, -0.05) is 66.2 Å². The van der Waals surface area contributed by atoms with Gasteiger partial charge in [-0.25, -0.2) is 22.0 Å². The molecule has 0 aliphatic rings. The maximum absolute atomic E-state index is 13.9. The molecule has 0 spiro atoms. The number of aliphatic hydroxyl groups excluding tert-OH is 1. The van der Waals surface area contributed by atoms with Crippen LogP contribution < -0.4 is 5.32 Å². The molecule has 0 radical (unpaired) electrons. The highest BCUT2D eigenvalue weighted by atomic mass is 32.2. The Balaban J connectivity index is 1.79. The van der Waals surface area contributed by atoms with Crippen LogP contribution in [-0.2, 0) is 30.9 Å². The number of aromatic nitrogens is 1. The molecule has 0 aliphatic heterocycles. The zero-order valence-electron chi connectivity index (χ0n) is 20.9. The van der Waals surface area contributed by atoms with Crippen molar-refractivity contribution < 1.29 is 32.6 Å². The number of ether oxygens (including phenoxy) is 2. The molecule has 2 atom stereocenters. The van der Waals surface area contributed by atoms with Crippen molar-refractivity contribution in [2.45, 2.75) is 37.5 Å². The first-order chi connectivity index (χ1) is 18.2. The summed E-state index contributed by atoms with van der Waals surface area (Å²) in [7, 11) is -4.22. The lowest BCUT2D eigenvalue weighted by Gasteiger charge is -2.24. The maximum atomic E-state index is 13.9. The van der Waals surface area contributed by atoms with Gasteiger partial charge in [-0.2, -0.15) is 0 Å². The van der Waals surface area contributed by atoms with Gasteiger partial charge in [-0.3, -0.25) is 0 Å². The molecule has 1 heterocycles. The summed E-state index contributed by atoms with van der Waals surface area (Å²) in [4.78, 5) is 25.4. The van der Waals surface area contributed by atoms with E-state index in [0.717, 1.165) is 15.1 Å². The predicted octanol–water partition coefficient (Wildman–Crippen LogP) is 4.08. The molecule has 198 valence electrons. The molecule has 4 rings (SSSR count). The van der Waals surface area contributed by atoms with Gasteiger partial charge >= 0.3 is 12.1 Å². The highest BCUT2D eigenvalue weighted by Crippen LogP contribution is 2.31. The first kappa shape index (κ1) is 26.9. The molecule has 0 saturated heterocycles. The van der Waals surface area contributed by atoms with E-state index in [4.69, 9.17) is 9.47 Å². The van der Waals surface area contributed by atoms with Gasteiger partial charge in [0.25, 0.3) is 10.0 Å². The number of para-hydroxylation sites is 1. The average molecular weight is 537 g/mol. The normalized spacial score (nSPS) is 13.0. The third kappa shape index (κ3) is 5.71. The zero-order valence-corrected chi connectivity index (χ0v) is 21.7. The molecule has 1 amide bonds.